The zero-order chi connectivity index (χ0) is 21.5. The standard InChI is InChI=1S/C21H16ClN7OS/c1-12-19-14(9-16(18-4-3-7-31-18)25-20(19)28(2)27-12)21(30)26-15-8-13(22)5-6-17(15)29-11-23-10-24-29/h3-11H,1-2H3,(H,26,30). The number of hydrogen-bond acceptors (Lipinski definition) is 6. The number of nitrogens with one attached hydrogen (secondary N) is 1. The van der Waals surface area contributed by atoms with Gasteiger partial charge in [-0.1, -0.05) is 17.7 Å². The first kappa shape index (κ1) is 19.4. The van der Waals surface area contributed by atoms with Gasteiger partial charge in [0.15, 0.2) is 5.65 Å². The molecule has 0 fully saturated rings. The van der Waals surface area contributed by atoms with Gasteiger partial charge >= 0.3 is 0 Å². The number of halogens is 1. The van der Waals surface area contributed by atoms with Crippen LogP contribution in [-0.4, -0.2) is 35.4 Å². The van der Waals surface area contributed by atoms with Crippen molar-refractivity contribution in [3.05, 3.63) is 70.7 Å². The summed E-state index contributed by atoms with van der Waals surface area (Å²) < 4.78 is 3.26. The van der Waals surface area contributed by atoms with Crippen molar-refractivity contribution in [1.29, 1.82) is 0 Å². The van der Waals surface area contributed by atoms with E-state index in [2.05, 4.69) is 20.5 Å². The molecule has 10 heteroatoms. The molecule has 5 aromatic rings. The van der Waals surface area contributed by atoms with Crippen molar-refractivity contribution in [1.82, 2.24) is 29.5 Å². The highest BCUT2D eigenvalue weighted by Gasteiger charge is 2.21. The van der Waals surface area contributed by atoms with Crippen molar-refractivity contribution in [3.8, 4) is 16.3 Å². The SMILES string of the molecule is Cc1nn(C)c2nc(-c3cccs3)cc(C(=O)Nc3cc(Cl)ccc3-n3cncn3)c12. The van der Waals surface area contributed by atoms with Gasteiger partial charge in [0.1, 0.15) is 12.7 Å². The summed E-state index contributed by atoms with van der Waals surface area (Å²) in [5.74, 6) is -0.287. The molecule has 0 bridgehead atoms. The predicted octanol–water partition coefficient (Wildman–Crippen LogP) is 4.49. The van der Waals surface area contributed by atoms with Crippen LogP contribution >= 0.6 is 22.9 Å². The number of nitrogens with zero attached hydrogens (tertiary/aromatic N) is 6. The molecule has 0 saturated heterocycles. The number of aromatic nitrogens is 6. The third-order valence-corrected chi connectivity index (χ3v) is 5.99. The maximum atomic E-state index is 13.5. The predicted molar refractivity (Wildman–Crippen MR) is 121 cm³/mol. The number of anilines is 1. The molecule has 8 nitrogen and oxygen atoms in total. The lowest BCUT2D eigenvalue weighted by molar-refractivity contribution is 0.102. The van der Waals surface area contributed by atoms with Crippen LogP contribution in [0.2, 0.25) is 5.02 Å². The van der Waals surface area contributed by atoms with E-state index in [1.807, 2.05) is 31.5 Å². The molecule has 0 spiro atoms. The Morgan fingerprint density at radius 2 is 2.10 bits per heavy atom. The quantitative estimate of drug-likeness (QED) is 0.436. The van der Waals surface area contributed by atoms with Crippen LogP contribution in [0.3, 0.4) is 0 Å². The first-order chi connectivity index (χ1) is 15.0. The number of carbonyl (C=O) groups excluding carboxylic acids is 1. The Morgan fingerprint density at radius 3 is 2.84 bits per heavy atom. The van der Waals surface area contributed by atoms with E-state index in [0.717, 1.165) is 16.3 Å². The van der Waals surface area contributed by atoms with E-state index in [-0.39, 0.29) is 5.91 Å². The highest BCUT2D eigenvalue weighted by molar-refractivity contribution is 7.13. The summed E-state index contributed by atoms with van der Waals surface area (Å²) in [5.41, 5.74) is 3.77. The van der Waals surface area contributed by atoms with Gasteiger partial charge in [0.2, 0.25) is 0 Å². The number of hydrogen-bond donors (Lipinski definition) is 1. The van der Waals surface area contributed by atoms with Crippen LogP contribution in [0.15, 0.2) is 54.4 Å². The van der Waals surface area contributed by atoms with Gasteiger partial charge in [-0.15, -0.1) is 11.3 Å². The molecule has 154 valence electrons. The molecule has 0 aliphatic heterocycles. The second-order valence-corrected chi connectivity index (χ2v) is 8.28. The van der Waals surface area contributed by atoms with Gasteiger partial charge in [-0.3, -0.25) is 9.48 Å². The smallest absolute Gasteiger partial charge is 0.256 e. The van der Waals surface area contributed by atoms with Crippen molar-refractivity contribution < 1.29 is 4.79 Å². The molecular weight excluding hydrogens is 434 g/mol. The van der Waals surface area contributed by atoms with E-state index in [1.165, 1.54) is 6.33 Å². The van der Waals surface area contributed by atoms with E-state index < -0.39 is 0 Å². The first-order valence-corrected chi connectivity index (χ1v) is 10.6. The van der Waals surface area contributed by atoms with E-state index >= 15 is 0 Å². The van der Waals surface area contributed by atoms with Crippen LogP contribution in [0.1, 0.15) is 16.1 Å². The number of fused-ring (bicyclic) bond motifs is 1. The number of thiophene rings is 1. The molecule has 4 aromatic heterocycles. The van der Waals surface area contributed by atoms with Crippen LogP contribution in [0.25, 0.3) is 27.3 Å². The third kappa shape index (κ3) is 3.47. The molecule has 1 aromatic carbocycles. The molecule has 1 N–H and O–H groups in total. The Kier molecular flexibility index (Phi) is 4.76. The third-order valence-electron chi connectivity index (χ3n) is 4.86. The van der Waals surface area contributed by atoms with E-state index in [0.29, 0.717) is 33.0 Å². The van der Waals surface area contributed by atoms with Gasteiger partial charge in [-0.05, 0) is 42.6 Å². The molecule has 0 saturated carbocycles. The average Bonchev–Trinajstić information content (AvgIpc) is 3.50. The van der Waals surface area contributed by atoms with Crippen molar-refractivity contribution in [3.63, 3.8) is 0 Å². The fraction of sp³-hybridized carbons (Fsp3) is 0.0952. The van der Waals surface area contributed by atoms with Crippen LogP contribution in [-0.2, 0) is 7.05 Å². The monoisotopic (exact) mass is 449 g/mol. The van der Waals surface area contributed by atoms with E-state index in [9.17, 15) is 4.79 Å². The van der Waals surface area contributed by atoms with Gasteiger partial charge in [0.05, 0.1) is 38.6 Å². The highest BCUT2D eigenvalue weighted by Crippen LogP contribution is 2.31. The lowest BCUT2D eigenvalue weighted by Crippen LogP contribution is -2.15. The zero-order valence-electron chi connectivity index (χ0n) is 16.6. The second kappa shape index (κ2) is 7.60. The molecule has 4 heterocycles. The molecule has 0 aliphatic carbocycles. The second-order valence-electron chi connectivity index (χ2n) is 6.90. The Labute approximate surface area is 186 Å². The number of aryl methyl sites for hydroxylation is 2. The molecular formula is C21H16ClN7OS. The fourth-order valence-corrected chi connectivity index (χ4v) is 4.36. The number of amides is 1. The number of rotatable bonds is 4. The van der Waals surface area contributed by atoms with Crippen molar-refractivity contribution in [2.24, 2.45) is 7.05 Å². The molecule has 0 unspecified atom stereocenters. The summed E-state index contributed by atoms with van der Waals surface area (Å²) in [6.45, 7) is 1.87. The lowest BCUT2D eigenvalue weighted by Gasteiger charge is -2.13. The maximum Gasteiger partial charge on any atom is 0.256 e. The average molecular weight is 450 g/mol. The van der Waals surface area contributed by atoms with Gasteiger partial charge in [-0.2, -0.15) is 10.2 Å². The zero-order valence-corrected chi connectivity index (χ0v) is 18.1. The Morgan fingerprint density at radius 1 is 1.23 bits per heavy atom. The number of carbonyl (C=O) groups is 1. The van der Waals surface area contributed by atoms with Gasteiger partial charge in [-0.25, -0.2) is 14.6 Å². The summed E-state index contributed by atoms with van der Waals surface area (Å²) >= 11 is 7.77. The van der Waals surface area contributed by atoms with Crippen LogP contribution < -0.4 is 5.32 Å². The van der Waals surface area contributed by atoms with Crippen molar-refractivity contribution in [2.75, 3.05) is 5.32 Å². The Balaban J connectivity index is 1.64. The molecule has 1 amide bonds. The van der Waals surface area contributed by atoms with Crippen LogP contribution in [0.4, 0.5) is 5.69 Å². The summed E-state index contributed by atoms with van der Waals surface area (Å²) in [6.07, 6.45) is 2.99. The van der Waals surface area contributed by atoms with Crippen molar-refractivity contribution >= 4 is 45.6 Å². The van der Waals surface area contributed by atoms with E-state index in [4.69, 9.17) is 16.6 Å². The van der Waals surface area contributed by atoms with Gasteiger partial charge < -0.3 is 5.32 Å². The Hall–Kier alpha value is -3.56. The minimum absolute atomic E-state index is 0.287. The first-order valence-electron chi connectivity index (χ1n) is 9.35. The van der Waals surface area contributed by atoms with Crippen LogP contribution in [0, 0.1) is 6.92 Å². The van der Waals surface area contributed by atoms with Gasteiger partial charge in [0.25, 0.3) is 5.91 Å². The van der Waals surface area contributed by atoms with Gasteiger partial charge in [0, 0.05) is 12.1 Å². The summed E-state index contributed by atoms with van der Waals surface area (Å²) in [6, 6.07) is 10.9. The van der Waals surface area contributed by atoms with E-state index in [1.54, 1.807) is 51.3 Å². The summed E-state index contributed by atoms with van der Waals surface area (Å²) in [7, 11) is 1.82. The molecule has 31 heavy (non-hydrogen) atoms. The minimum Gasteiger partial charge on any atom is -0.320 e. The lowest BCUT2D eigenvalue weighted by atomic mass is 10.1. The normalized spacial score (nSPS) is 11.2. The molecule has 0 aliphatic rings. The largest absolute Gasteiger partial charge is 0.320 e. The molecule has 0 atom stereocenters. The highest BCUT2D eigenvalue weighted by atomic mass is 35.5. The number of pyridine rings is 1. The van der Waals surface area contributed by atoms with Crippen LogP contribution in [0.5, 0.6) is 0 Å². The Bertz CT molecular complexity index is 1410. The fourth-order valence-electron chi connectivity index (χ4n) is 3.50. The summed E-state index contributed by atoms with van der Waals surface area (Å²) in [5, 5.41) is 14.8. The summed E-state index contributed by atoms with van der Waals surface area (Å²) in [4.78, 5) is 23.2. The van der Waals surface area contributed by atoms with Crippen molar-refractivity contribution in [2.45, 2.75) is 6.92 Å². The molecule has 0 radical (unpaired) electrons. The minimum atomic E-state index is -0.287. The maximum absolute atomic E-state index is 13.5. The number of benzene rings is 1. The topological polar surface area (TPSA) is 90.5 Å². The molecule has 5 rings (SSSR count).